The molecule has 0 nitrogen and oxygen atoms in total. The second-order valence-electron chi connectivity index (χ2n) is 11.0. The minimum absolute atomic E-state index is 0.0755. The molecule has 2 saturated carbocycles. The van der Waals surface area contributed by atoms with Gasteiger partial charge in [-0.25, -0.2) is 4.39 Å². The van der Waals surface area contributed by atoms with Crippen LogP contribution >= 0.6 is 0 Å². The number of aryl methyl sites for hydroxylation is 1. The molecule has 1 aromatic carbocycles. The lowest BCUT2D eigenvalue weighted by molar-refractivity contribution is 0.249. The zero-order valence-corrected chi connectivity index (χ0v) is 20.6. The molecule has 0 aromatic heterocycles. The van der Waals surface area contributed by atoms with E-state index in [1.165, 1.54) is 115 Å². The lowest BCUT2D eigenvalue weighted by Gasteiger charge is -2.29. The summed E-state index contributed by atoms with van der Waals surface area (Å²) in [7, 11) is 0. The first-order chi connectivity index (χ1) is 15.2. The van der Waals surface area contributed by atoms with Crippen LogP contribution in [0.1, 0.15) is 140 Å². The molecule has 2 fully saturated rings. The molecule has 0 radical (unpaired) electrons. The zero-order valence-electron chi connectivity index (χ0n) is 20.6. The van der Waals surface area contributed by atoms with Crippen LogP contribution in [0.2, 0.25) is 0 Å². The van der Waals surface area contributed by atoms with E-state index >= 15 is 0 Å². The Hall–Kier alpha value is -0.850. The molecule has 0 heterocycles. The van der Waals surface area contributed by atoms with Crippen molar-refractivity contribution in [3.8, 4) is 0 Å². The van der Waals surface area contributed by atoms with E-state index in [2.05, 4.69) is 26.0 Å². The lowest BCUT2D eigenvalue weighted by atomic mass is 9.76. The molecule has 0 amide bonds. The number of benzene rings is 1. The minimum atomic E-state index is 0.0755. The molecule has 1 heteroatoms. The Labute approximate surface area is 192 Å². The smallest absolute Gasteiger partial charge is 0.126 e. The number of hydrogen-bond donors (Lipinski definition) is 0. The predicted molar refractivity (Wildman–Crippen MR) is 133 cm³/mol. The van der Waals surface area contributed by atoms with Crippen LogP contribution in [0, 0.1) is 23.6 Å². The van der Waals surface area contributed by atoms with E-state index in [4.69, 9.17) is 0 Å². The standard InChI is InChI=1S/C30H49F/c1-3-5-7-9-24-11-13-26(14-12-24)15-16-27-19-22-29(30(31)23-27)28-20-17-25(18-21-28)10-8-6-4-2/h19,22-26,28H,3-18,20-21H2,1-2H3. The van der Waals surface area contributed by atoms with Crippen LogP contribution in [0.3, 0.4) is 0 Å². The van der Waals surface area contributed by atoms with Crippen LogP contribution in [0.25, 0.3) is 0 Å². The predicted octanol–water partition coefficient (Wildman–Crippen LogP) is 10.00. The molecule has 3 rings (SSSR count). The van der Waals surface area contributed by atoms with Crippen LogP contribution in [-0.2, 0) is 6.42 Å². The first-order valence-corrected chi connectivity index (χ1v) is 14.0. The average Bonchev–Trinajstić information content (AvgIpc) is 2.80. The van der Waals surface area contributed by atoms with Gasteiger partial charge in [0.05, 0.1) is 0 Å². The molecular weight excluding hydrogens is 379 g/mol. The van der Waals surface area contributed by atoms with Crippen molar-refractivity contribution in [1.82, 2.24) is 0 Å². The van der Waals surface area contributed by atoms with E-state index < -0.39 is 0 Å². The number of hydrogen-bond acceptors (Lipinski definition) is 0. The maximum absolute atomic E-state index is 14.9. The zero-order chi connectivity index (χ0) is 21.9. The lowest BCUT2D eigenvalue weighted by Crippen LogP contribution is -2.15. The van der Waals surface area contributed by atoms with Crippen molar-refractivity contribution in [2.45, 2.75) is 135 Å². The summed E-state index contributed by atoms with van der Waals surface area (Å²) in [6.07, 6.45) is 24.1. The summed E-state index contributed by atoms with van der Waals surface area (Å²) >= 11 is 0. The SMILES string of the molecule is CCCCCC1CCC(CCc2ccc(C3CCC(CCCCC)CC3)c(F)c2)CC1. The highest BCUT2D eigenvalue weighted by Crippen LogP contribution is 2.39. The summed E-state index contributed by atoms with van der Waals surface area (Å²) < 4.78 is 14.9. The third kappa shape index (κ3) is 8.21. The molecule has 176 valence electrons. The highest BCUT2D eigenvalue weighted by molar-refractivity contribution is 5.28. The number of unbranched alkanes of at least 4 members (excludes halogenated alkanes) is 4. The van der Waals surface area contributed by atoms with Gasteiger partial charge < -0.3 is 0 Å². The van der Waals surface area contributed by atoms with Crippen LogP contribution in [0.5, 0.6) is 0 Å². The topological polar surface area (TPSA) is 0 Å². The Morgan fingerprint density at radius 1 is 0.677 bits per heavy atom. The molecule has 0 unspecified atom stereocenters. The minimum Gasteiger partial charge on any atom is -0.207 e. The van der Waals surface area contributed by atoms with Gasteiger partial charge in [0.2, 0.25) is 0 Å². The van der Waals surface area contributed by atoms with Crippen LogP contribution < -0.4 is 0 Å². The second kappa shape index (κ2) is 13.6. The monoisotopic (exact) mass is 428 g/mol. The van der Waals surface area contributed by atoms with Gasteiger partial charge in [-0.2, -0.15) is 0 Å². The first kappa shape index (κ1) is 24.8. The van der Waals surface area contributed by atoms with Gasteiger partial charge >= 0.3 is 0 Å². The maximum atomic E-state index is 14.9. The highest BCUT2D eigenvalue weighted by atomic mass is 19.1. The van der Waals surface area contributed by atoms with Crippen molar-refractivity contribution < 1.29 is 4.39 Å². The Morgan fingerprint density at radius 2 is 1.19 bits per heavy atom. The van der Waals surface area contributed by atoms with Crippen LogP contribution in [-0.4, -0.2) is 0 Å². The van der Waals surface area contributed by atoms with E-state index in [0.717, 1.165) is 29.7 Å². The molecule has 0 aliphatic heterocycles. The summed E-state index contributed by atoms with van der Waals surface area (Å²) in [4.78, 5) is 0. The van der Waals surface area contributed by atoms with E-state index in [-0.39, 0.29) is 5.82 Å². The quantitative estimate of drug-likeness (QED) is 0.290. The fourth-order valence-corrected chi connectivity index (χ4v) is 6.37. The summed E-state index contributed by atoms with van der Waals surface area (Å²) in [6.45, 7) is 4.58. The fraction of sp³-hybridized carbons (Fsp3) is 0.800. The van der Waals surface area contributed by atoms with Gasteiger partial charge in [-0.1, -0.05) is 103 Å². The van der Waals surface area contributed by atoms with Gasteiger partial charge in [0.25, 0.3) is 0 Å². The molecule has 0 spiro atoms. The summed E-state index contributed by atoms with van der Waals surface area (Å²) in [6, 6.07) is 6.25. The molecule has 2 aliphatic carbocycles. The van der Waals surface area contributed by atoms with E-state index in [9.17, 15) is 4.39 Å². The summed E-state index contributed by atoms with van der Waals surface area (Å²) in [5.41, 5.74) is 2.22. The third-order valence-electron chi connectivity index (χ3n) is 8.59. The summed E-state index contributed by atoms with van der Waals surface area (Å²) in [5.74, 6) is 3.28. The Balaban J connectivity index is 1.38. The largest absolute Gasteiger partial charge is 0.207 e. The van der Waals surface area contributed by atoms with Crippen molar-refractivity contribution in [3.05, 3.63) is 35.1 Å². The van der Waals surface area contributed by atoms with E-state index in [0.29, 0.717) is 5.92 Å². The average molecular weight is 429 g/mol. The van der Waals surface area contributed by atoms with E-state index in [1.54, 1.807) is 0 Å². The Bertz CT molecular complexity index is 605. The van der Waals surface area contributed by atoms with Gasteiger partial charge in [-0.15, -0.1) is 0 Å². The molecule has 1 aromatic rings. The van der Waals surface area contributed by atoms with Gasteiger partial charge in [0.15, 0.2) is 0 Å². The van der Waals surface area contributed by atoms with Crippen molar-refractivity contribution in [2.75, 3.05) is 0 Å². The molecule has 0 saturated heterocycles. The van der Waals surface area contributed by atoms with Gasteiger partial charge in [0, 0.05) is 0 Å². The highest BCUT2D eigenvalue weighted by Gasteiger charge is 2.24. The normalized spacial score (nSPS) is 26.8. The maximum Gasteiger partial charge on any atom is 0.126 e. The van der Waals surface area contributed by atoms with E-state index in [1.807, 2.05) is 6.07 Å². The van der Waals surface area contributed by atoms with Gasteiger partial charge in [0.1, 0.15) is 5.82 Å². The second-order valence-corrected chi connectivity index (χ2v) is 11.0. The van der Waals surface area contributed by atoms with Crippen molar-refractivity contribution in [1.29, 1.82) is 0 Å². The van der Waals surface area contributed by atoms with Crippen molar-refractivity contribution >= 4 is 0 Å². The fourth-order valence-electron chi connectivity index (χ4n) is 6.37. The molecule has 0 bridgehead atoms. The molecule has 0 N–H and O–H groups in total. The molecule has 2 aliphatic rings. The third-order valence-corrected chi connectivity index (χ3v) is 8.59. The van der Waals surface area contributed by atoms with Gasteiger partial charge in [-0.3, -0.25) is 0 Å². The first-order valence-electron chi connectivity index (χ1n) is 14.0. The number of halogens is 1. The van der Waals surface area contributed by atoms with Gasteiger partial charge in [-0.05, 0) is 79.4 Å². The number of rotatable bonds is 12. The summed E-state index contributed by atoms with van der Waals surface area (Å²) in [5, 5.41) is 0. The van der Waals surface area contributed by atoms with Crippen LogP contribution in [0.4, 0.5) is 4.39 Å². The van der Waals surface area contributed by atoms with Crippen molar-refractivity contribution in [3.63, 3.8) is 0 Å². The Morgan fingerprint density at radius 3 is 1.71 bits per heavy atom. The van der Waals surface area contributed by atoms with Crippen molar-refractivity contribution in [2.24, 2.45) is 17.8 Å². The molecule has 31 heavy (non-hydrogen) atoms. The molecular formula is C30H49F. The van der Waals surface area contributed by atoms with Crippen LogP contribution in [0.15, 0.2) is 18.2 Å². The molecule has 0 atom stereocenters. The Kier molecular flexibility index (Phi) is 10.9.